The van der Waals surface area contributed by atoms with Crippen LogP contribution in [0.2, 0.25) is 0 Å². The van der Waals surface area contributed by atoms with Crippen LogP contribution in [0.4, 0.5) is 13.9 Å². The van der Waals surface area contributed by atoms with E-state index in [1.54, 1.807) is 0 Å². The van der Waals surface area contributed by atoms with Gasteiger partial charge < -0.3 is 4.74 Å². The van der Waals surface area contributed by atoms with Crippen LogP contribution in [0.1, 0.15) is 10.4 Å². The number of benzene rings is 2. The summed E-state index contributed by atoms with van der Waals surface area (Å²) >= 11 is 0.918. The summed E-state index contributed by atoms with van der Waals surface area (Å²) in [5.41, 5.74) is 0.0561. The zero-order valence-corrected chi connectivity index (χ0v) is 16.5. The molecule has 29 heavy (non-hydrogen) atoms. The lowest BCUT2D eigenvalue weighted by Crippen LogP contribution is -2.40. The number of halogens is 2. The van der Waals surface area contributed by atoms with E-state index < -0.39 is 27.6 Å². The Hall–Kier alpha value is -2.47. The average molecular weight is 439 g/mol. The molecule has 1 aromatic heterocycles. The summed E-state index contributed by atoms with van der Waals surface area (Å²) in [5, 5.41) is 2.58. The Morgan fingerprint density at radius 1 is 1.17 bits per heavy atom. The third kappa shape index (κ3) is 3.99. The van der Waals surface area contributed by atoms with Gasteiger partial charge in [0.05, 0.1) is 22.8 Å². The van der Waals surface area contributed by atoms with Crippen molar-refractivity contribution in [3.8, 4) is 0 Å². The Bertz CT molecular complexity index is 1190. The highest BCUT2D eigenvalue weighted by molar-refractivity contribution is 7.89. The molecule has 0 saturated carbocycles. The van der Waals surface area contributed by atoms with Crippen molar-refractivity contribution in [2.45, 2.75) is 4.90 Å². The SMILES string of the molecule is O=C(Nc1nc2c(F)cc(F)cc2s1)c1cccc(S(=O)(=O)N2CCOCC2)c1. The third-order valence-electron chi connectivity index (χ3n) is 4.34. The normalized spacial score (nSPS) is 15.5. The maximum atomic E-state index is 13.8. The molecule has 1 N–H and O–H groups in total. The van der Waals surface area contributed by atoms with Crippen LogP contribution in [0.25, 0.3) is 10.2 Å². The fraction of sp³-hybridized carbons (Fsp3) is 0.222. The molecular weight excluding hydrogens is 424 g/mol. The van der Waals surface area contributed by atoms with Gasteiger partial charge >= 0.3 is 0 Å². The predicted molar refractivity (Wildman–Crippen MR) is 104 cm³/mol. The van der Waals surface area contributed by atoms with Crippen molar-refractivity contribution in [3.63, 3.8) is 0 Å². The smallest absolute Gasteiger partial charge is 0.257 e. The zero-order chi connectivity index (χ0) is 20.6. The van der Waals surface area contributed by atoms with Crippen LogP contribution in [0.15, 0.2) is 41.3 Å². The molecular formula is C18H15F2N3O4S2. The van der Waals surface area contributed by atoms with E-state index in [9.17, 15) is 22.0 Å². The number of ether oxygens (including phenoxy) is 1. The molecule has 0 unspecified atom stereocenters. The maximum Gasteiger partial charge on any atom is 0.257 e. The Kier molecular flexibility index (Phi) is 5.30. The van der Waals surface area contributed by atoms with Crippen LogP contribution in [0, 0.1) is 11.6 Å². The van der Waals surface area contributed by atoms with E-state index in [4.69, 9.17) is 4.74 Å². The molecule has 0 bridgehead atoms. The van der Waals surface area contributed by atoms with Crippen molar-refractivity contribution >= 4 is 42.6 Å². The number of amides is 1. The Labute approximate surface area is 169 Å². The highest BCUT2D eigenvalue weighted by Crippen LogP contribution is 2.29. The first-order valence-corrected chi connectivity index (χ1v) is 10.9. The standard InChI is InChI=1S/C18H15F2N3O4S2/c19-12-9-14(20)16-15(10-12)28-18(21-16)22-17(24)11-2-1-3-13(8-11)29(25,26)23-4-6-27-7-5-23/h1-3,8-10H,4-7H2,(H,21,22,24). The molecule has 0 atom stereocenters. The molecule has 3 aromatic rings. The van der Waals surface area contributed by atoms with Gasteiger partial charge in [-0.1, -0.05) is 17.4 Å². The second-order valence-corrected chi connectivity index (χ2v) is 9.22. The lowest BCUT2D eigenvalue weighted by molar-refractivity contribution is 0.0730. The predicted octanol–water partition coefficient (Wildman–Crippen LogP) is 2.85. The minimum Gasteiger partial charge on any atom is -0.379 e. The third-order valence-corrected chi connectivity index (χ3v) is 7.15. The van der Waals surface area contributed by atoms with Gasteiger partial charge in [-0.25, -0.2) is 22.2 Å². The Morgan fingerprint density at radius 2 is 1.93 bits per heavy atom. The molecule has 1 aliphatic heterocycles. The molecule has 4 rings (SSSR count). The molecule has 1 saturated heterocycles. The number of nitrogens with zero attached hydrogens (tertiary/aromatic N) is 2. The monoisotopic (exact) mass is 439 g/mol. The highest BCUT2D eigenvalue weighted by Gasteiger charge is 2.27. The maximum absolute atomic E-state index is 13.8. The second-order valence-electron chi connectivity index (χ2n) is 6.25. The molecule has 11 heteroatoms. The van der Waals surface area contributed by atoms with Gasteiger partial charge in [0.1, 0.15) is 11.3 Å². The number of morpholine rings is 1. The van der Waals surface area contributed by atoms with E-state index in [0.717, 1.165) is 17.4 Å². The molecule has 0 aliphatic carbocycles. The van der Waals surface area contributed by atoms with Crippen LogP contribution in [0.5, 0.6) is 0 Å². The van der Waals surface area contributed by atoms with E-state index >= 15 is 0 Å². The van der Waals surface area contributed by atoms with Gasteiger partial charge in [-0.05, 0) is 24.3 Å². The molecule has 152 valence electrons. The number of carbonyl (C=O) groups excluding carboxylic acids is 1. The summed E-state index contributed by atoms with van der Waals surface area (Å²) in [6.07, 6.45) is 0. The summed E-state index contributed by atoms with van der Waals surface area (Å²) < 4.78 is 59.4. The molecule has 0 spiro atoms. The summed E-state index contributed by atoms with van der Waals surface area (Å²) in [7, 11) is -3.75. The van der Waals surface area contributed by atoms with E-state index in [-0.39, 0.29) is 38.9 Å². The van der Waals surface area contributed by atoms with Crippen LogP contribution in [-0.4, -0.2) is 49.9 Å². The number of nitrogens with one attached hydrogen (secondary N) is 1. The quantitative estimate of drug-likeness (QED) is 0.675. The van der Waals surface area contributed by atoms with Crippen LogP contribution in [-0.2, 0) is 14.8 Å². The fourth-order valence-electron chi connectivity index (χ4n) is 2.91. The van der Waals surface area contributed by atoms with E-state index in [0.29, 0.717) is 19.3 Å². The van der Waals surface area contributed by atoms with Gasteiger partial charge in [-0.3, -0.25) is 10.1 Å². The first-order valence-electron chi connectivity index (χ1n) is 8.59. The number of anilines is 1. The van der Waals surface area contributed by atoms with Crippen molar-refractivity contribution in [1.29, 1.82) is 0 Å². The Morgan fingerprint density at radius 3 is 2.69 bits per heavy atom. The van der Waals surface area contributed by atoms with Gasteiger partial charge in [0.15, 0.2) is 10.9 Å². The van der Waals surface area contributed by atoms with Gasteiger partial charge in [0.2, 0.25) is 10.0 Å². The van der Waals surface area contributed by atoms with Gasteiger partial charge in [0.25, 0.3) is 5.91 Å². The summed E-state index contributed by atoms with van der Waals surface area (Å²) in [6.45, 7) is 1.11. The number of hydrogen-bond acceptors (Lipinski definition) is 6. The largest absolute Gasteiger partial charge is 0.379 e. The summed E-state index contributed by atoms with van der Waals surface area (Å²) in [6, 6.07) is 7.46. The first-order chi connectivity index (χ1) is 13.8. The molecule has 2 aromatic carbocycles. The minimum absolute atomic E-state index is 0.00975. The highest BCUT2D eigenvalue weighted by atomic mass is 32.2. The number of fused-ring (bicyclic) bond motifs is 1. The van der Waals surface area contributed by atoms with Gasteiger partial charge in [-0.15, -0.1) is 0 Å². The number of thiazole rings is 1. The minimum atomic E-state index is -3.75. The molecule has 1 aliphatic rings. The van der Waals surface area contributed by atoms with Crippen LogP contribution < -0.4 is 5.32 Å². The van der Waals surface area contributed by atoms with Crippen LogP contribution in [0.3, 0.4) is 0 Å². The molecule has 0 radical (unpaired) electrons. The van der Waals surface area contributed by atoms with Crippen molar-refractivity contribution in [2.24, 2.45) is 0 Å². The molecule has 7 nitrogen and oxygen atoms in total. The lowest BCUT2D eigenvalue weighted by atomic mass is 10.2. The summed E-state index contributed by atoms with van der Waals surface area (Å²) in [5.74, 6) is -2.17. The number of sulfonamides is 1. The van der Waals surface area contributed by atoms with E-state index in [2.05, 4.69) is 10.3 Å². The van der Waals surface area contributed by atoms with E-state index in [1.807, 2.05) is 0 Å². The molecule has 2 heterocycles. The van der Waals surface area contributed by atoms with Gasteiger partial charge in [-0.2, -0.15) is 4.31 Å². The van der Waals surface area contributed by atoms with Crippen LogP contribution >= 0.6 is 11.3 Å². The topological polar surface area (TPSA) is 88.6 Å². The number of carbonyl (C=O) groups is 1. The average Bonchev–Trinajstić information content (AvgIpc) is 3.11. The second kappa shape index (κ2) is 7.75. The number of rotatable bonds is 4. The van der Waals surface area contributed by atoms with Crippen molar-refractivity contribution < 1.29 is 26.7 Å². The first kappa shape index (κ1) is 19.8. The van der Waals surface area contributed by atoms with Crippen molar-refractivity contribution in [1.82, 2.24) is 9.29 Å². The lowest BCUT2D eigenvalue weighted by Gasteiger charge is -2.26. The molecule has 1 amide bonds. The Balaban J connectivity index is 1.58. The van der Waals surface area contributed by atoms with E-state index in [1.165, 1.54) is 28.6 Å². The van der Waals surface area contributed by atoms with Gasteiger partial charge in [0, 0.05) is 24.7 Å². The van der Waals surface area contributed by atoms with Crippen molar-refractivity contribution in [3.05, 3.63) is 53.6 Å². The summed E-state index contributed by atoms with van der Waals surface area (Å²) in [4.78, 5) is 16.5. The fourth-order valence-corrected chi connectivity index (χ4v) is 5.27. The zero-order valence-electron chi connectivity index (χ0n) is 14.9. The van der Waals surface area contributed by atoms with Crippen molar-refractivity contribution in [2.75, 3.05) is 31.6 Å². The molecule has 1 fully saturated rings. The number of hydrogen-bond donors (Lipinski definition) is 1. The number of aromatic nitrogens is 1.